The summed E-state index contributed by atoms with van der Waals surface area (Å²) in [5.74, 6) is 1.16. The molecule has 2 heterocycles. The molecule has 2 aromatic rings. The molecule has 1 atom stereocenters. The molecule has 1 aromatic heterocycles. The molecule has 1 saturated heterocycles. The van der Waals surface area contributed by atoms with E-state index in [4.69, 9.17) is 14.2 Å². The van der Waals surface area contributed by atoms with Crippen molar-refractivity contribution < 1.29 is 22.6 Å². The van der Waals surface area contributed by atoms with Crippen molar-refractivity contribution in [1.29, 1.82) is 0 Å². The maximum absolute atomic E-state index is 12.9. The number of aromatic nitrogens is 2. The van der Waals surface area contributed by atoms with Gasteiger partial charge in [-0.2, -0.15) is 9.40 Å². The molecule has 0 amide bonds. The van der Waals surface area contributed by atoms with Gasteiger partial charge in [-0.3, -0.25) is 0 Å². The van der Waals surface area contributed by atoms with E-state index in [0.717, 1.165) is 0 Å². The highest BCUT2D eigenvalue weighted by Gasteiger charge is 2.35. The van der Waals surface area contributed by atoms with Crippen molar-refractivity contribution in [3.63, 3.8) is 0 Å². The fraction of sp³-hybridized carbons (Fsp3) is 0.375. The Hall–Kier alpha value is -2.39. The van der Waals surface area contributed by atoms with E-state index in [1.165, 1.54) is 24.6 Å². The molecule has 8 nitrogen and oxygen atoms in total. The van der Waals surface area contributed by atoms with Crippen LogP contribution in [0.5, 0.6) is 17.4 Å². The molecule has 1 fully saturated rings. The van der Waals surface area contributed by atoms with Crippen LogP contribution in [0.25, 0.3) is 0 Å². The van der Waals surface area contributed by atoms with E-state index in [1.807, 2.05) is 0 Å². The van der Waals surface area contributed by atoms with Crippen LogP contribution in [0.15, 0.2) is 41.4 Å². The molecule has 134 valence electrons. The van der Waals surface area contributed by atoms with E-state index < -0.39 is 10.0 Å². The monoisotopic (exact) mass is 365 g/mol. The molecule has 1 aliphatic rings. The fourth-order valence-electron chi connectivity index (χ4n) is 2.66. The molecule has 9 heteroatoms. The minimum absolute atomic E-state index is 0.107. The first kappa shape index (κ1) is 17.4. The molecule has 3 rings (SSSR count). The van der Waals surface area contributed by atoms with Crippen molar-refractivity contribution in [1.82, 2.24) is 14.5 Å². The zero-order chi connectivity index (χ0) is 17.9. The zero-order valence-corrected chi connectivity index (χ0v) is 14.8. The Balaban J connectivity index is 1.77. The van der Waals surface area contributed by atoms with Crippen LogP contribution >= 0.6 is 0 Å². The highest BCUT2D eigenvalue weighted by Crippen LogP contribution is 2.32. The summed E-state index contributed by atoms with van der Waals surface area (Å²) in [6.07, 6.45) is 1.86. The second kappa shape index (κ2) is 7.24. The minimum Gasteiger partial charge on any atom is -0.497 e. The average molecular weight is 365 g/mol. The quantitative estimate of drug-likeness (QED) is 0.763. The second-order valence-corrected chi connectivity index (χ2v) is 7.38. The molecule has 1 unspecified atom stereocenters. The molecular formula is C16H19N3O5S. The van der Waals surface area contributed by atoms with Crippen LogP contribution in [0.1, 0.15) is 6.42 Å². The van der Waals surface area contributed by atoms with Gasteiger partial charge in [0.25, 0.3) is 0 Å². The third-order valence-electron chi connectivity index (χ3n) is 3.93. The van der Waals surface area contributed by atoms with Crippen LogP contribution in [-0.2, 0) is 10.0 Å². The van der Waals surface area contributed by atoms with Gasteiger partial charge in [0, 0.05) is 24.9 Å². The van der Waals surface area contributed by atoms with Gasteiger partial charge in [0.15, 0.2) is 0 Å². The first-order valence-corrected chi connectivity index (χ1v) is 9.15. The van der Waals surface area contributed by atoms with E-state index in [2.05, 4.69) is 10.2 Å². The number of benzene rings is 1. The summed E-state index contributed by atoms with van der Waals surface area (Å²) in [6, 6.07) is 8.05. The number of ether oxygens (including phenoxy) is 3. The Bertz CT molecular complexity index is 829. The smallest absolute Gasteiger partial charge is 0.246 e. The first-order valence-electron chi connectivity index (χ1n) is 7.71. The Morgan fingerprint density at radius 2 is 2.04 bits per heavy atom. The third-order valence-corrected chi connectivity index (χ3v) is 5.84. The van der Waals surface area contributed by atoms with Gasteiger partial charge < -0.3 is 14.2 Å². The van der Waals surface area contributed by atoms with Gasteiger partial charge in [-0.15, -0.1) is 5.10 Å². The second-order valence-electron chi connectivity index (χ2n) is 5.47. The predicted molar refractivity (Wildman–Crippen MR) is 89.4 cm³/mol. The number of hydrogen-bond donors (Lipinski definition) is 0. The number of nitrogens with zero attached hydrogens (tertiary/aromatic N) is 3. The van der Waals surface area contributed by atoms with Gasteiger partial charge in [0.1, 0.15) is 22.5 Å². The Morgan fingerprint density at radius 3 is 2.72 bits per heavy atom. The Morgan fingerprint density at radius 1 is 1.20 bits per heavy atom. The number of methoxy groups -OCH3 is 2. The summed E-state index contributed by atoms with van der Waals surface area (Å²) < 4.78 is 43.3. The maximum Gasteiger partial charge on any atom is 0.246 e. The lowest BCUT2D eigenvalue weighted by Crippen LogP contribution is -2.31. The number of hydrogen-bond acceptors (Lipinski definition) is 7. The van der Waals surface area contributed by atoms with Crippen molar-refractivity contribution in [2.24, 2.45) is 0 Å². The Kier molecular flexibility index (Phi) is 5.05. The molecule has 25 heavy (non-hydrogen) atoms. The van der Waals surface area contributed by atoms with Crippen LogP contribution in [0.3, 0.4) is 0 Å². The number of sulfonamides is 1. The van der Waals surface area contributed by atoms with Crippen LogP contribution < -0.4 is 14.2 Å². The molecule has 0 saturated carbocycles. The van der Waals surface area contributed by atoms with E-state index in [0.29, 0.717) is 24.6 Å². The maximum atomic E-state index is 12.9. The first-order chi connectivity index (χ1) is 12.0. The van der Waals surface area contributed by atoms with Crippen LogP contribution in [0.2, 0.25) is 0 Å². The molecule has 0 radical (unpaired) electrons. The van der Waals surface area contributed by atoms with Crippen molar-refractivity contribution in [3.05, 3.63) is 36.5 Å². The lowest BCUT2D eigenvalue weighted by molar-refractivity contribution is 0.204. The van der Waals surface area contributed by atoms with Gasteiger partial charge >= 0.3 is 0 Å². The third kappa shape index (κ3) is 3.67. The summed E-state index contributed by atoms with van der Waals surface area (Å²) in [7, 11) is -0.755. The summed E-state index contributed by atoms with van der Waals surface area (Å²) in [5, 5.41) is 7.61. The lowest BCUT2D eigenvalue weighted by atomic mass is 10.3. The van der Waals surface area contributed by atoms with E-state index in [9.17, 15) is 8.42 Å². The largest absolute Gasteiger partial charge is 0.497 e. The summed E-state index contributed by atoms with van der Waals surface area (Å²) >= 11 is 0. The van der Waals surface area contributed by atoms with Crippen molar-refractivity contribution in [2.75, 3.05) is 27.3 Å². The molecule has 0 spiro atoms. The molecule has 0 bridgehead atoms. The van der Waals surface area contributed by atoms with Gasteiger partial charge in [-0.05, 0) is 24.6 Å². The van der Waals surface area contributed by atoms with Crippen LogP contribution in [0.4, 0.5) is 0 Å². The summed E-state index contributed by atoms with van der Waals surface area (Å²) in [6.45, 7) is 0.608. The van der Waals surface area contributed by atoms with Gasteiger partial charge in [-0.25, -0.2) is 8.42 Å². The standard InChI is InChI=1S/C16H19N3O5S/c1-22-12-5-6-15(14(10-12)23-2)25(20,21)19-9-7-13(11-19)24-16-4-3-8-17-18-16/h3-6,8,10,13H,7,9,11H2,1-2H3. The molecule has 1 aliphatic heterocycles. The van der Waals surface area contributed by atoms with Gasteiger partial charge in [-0.1, -0.05) is 0 Å². The lowest BCUT2D eigenvalue weighted by Gasteiger charge is -2.19. The summed E-state index contributed by atoms with van der Waals surface area (Å²) in [5.41, 5.74) is 0. The normalized spacial score (nSPS) is 18.1. The topological polar surface area (TPSA) is 90.9 Å². The molecule has 0 N–H and O–H groups in total. The predicted octanol–water partition coefficient (Wildman–Crippen LogP) is 1.34. The minimum atomic E-state index is -3.69. The van der Waals surface area contributed by atoms with Crippen molar-refractivity contribution in [3.8, 4) is 17.4 Å². The van der Waals surface area contributed by atoms with E-state index in [-0.39, 0.29) is 23.3 Å². The van der Waals surface area contributed by atoms with E-state index in [1.54, 1.807) is 30.5 Å². The Labute approximate surface area is 146 Å². The fourth-order valence-corrected chi connectivity index (χ4v) is 4.28. The van der Waals surface area contributed by atoms with Gasteiger partial charge in [0.2, 0.25) is 15.9 Å². The molecule has 1 aromatic carbocycles. The van der Waals surface area contributed by atoms with Gasteiger partial charge in [0.05, 0.1) is 20.8 Å². The molecular weight excluding hydrogens is 346 g/mol. The van der Waals surface area contributed by atoms with E-state index >= 15 is 0 Å². The highest BCUT2D eigenvalue weighted by molar-refractivity contribution is 7.89. The average Bonchev–Trinajstić information content (AvgIpc) is 3.11. The zero-order valence-electron chi connectivity index (χ0n) is 14.0. The SMILES string of the molecule is COc1ccc(S(=O)(=O)N2CCC(Oc3cccnn3)C2)c(OC)c1. The number of rotatable bonds is 6. The van der Waals surface area contributed by atoms with Crippen molar-refractivity contribution >= 4 is 10.0 Å². The summed E-state index contributed by atoms with van der Waals surface area (Å²) in [4.78, 5) is 0.107. The van der Waals surface area contributed by atoms with Crippen LogP contribution in [0, 0.1) is 0 Å². The molecule has 0 aliphatic carbocycles. The highest BCUT2D eigenvalue weighted by atomic mass is 32.2. The van der Waals surface area contributed by atoms with Crippen molar-refractivity contribution in [2.45, 2.75) is 17.4 Å². The van der Waals surface area contributed by atoms with Crippen LogP contribution in [-0.4, -0.2) is 56.3 Å².